The number of carbonyl (C=O) groups is 1. The van der Waals surface area contributed by atoms with E-state index in [1.807, 2.05) is 6.08 Å². The van der Waals surface area contributed by atoms with Gasteiger partial charge in [-0.1, -0.05) is 12.1 Å². The molecule has 0 aliphatic carbocycles. The topological polar surface area (TPSA) is 86.5 Å². The number of hydrogen-bond donors (Lipinski definition) is 1. The molecule has 0 saturated carbocycles. The number of aromatic nitrogens is 2. The zero-order valence-electron chi connectivity index (χ0n) is 16.8. The summed E-state index contributed by atoms with van der Waals surface area (Å²) in [4.78, 5) is 20.4. The molecule has 31 heavy (non-hydrogen) atoms. The lowest BCUT2D eigenvalue weighted by molar-refractivity contribution is -0.0498. The second-order valence-electron chi connectivity index (χ2n) is 6.43. The van der Waals surface area contributed by atoms with Gasteiger partial charge < -0.3 is 19.2 Å². The largest absolute Gasteiger partial charge is 0.501 e. The summed E-state index contributed by atoms with van der Waals surface area (Å²) in [5.41, 5.74) is 2.08. The highest BCUT2D eigenvalue weighted by molar-refractivity contribution is 5.93. The Kier molecular flexibility index (Phi) is 7.69. The Morgan fingerprint density at radius 3 is 2.84 bits per heavy atom. The average molecular weight is 429 g/mol. The zero-order chi connectivity index (χ0) is 22.1. The molecular weight excluding hydrogens is 408 g/mol. The molecule has 3 heterocycles. The van der Waals surface area contributed by atoms with E-state index < -0.39 is 6.61 Å². The number of nitrogens with zero attached hydrogens (tertiary/aromatic N) is 2. The smallest absolute Gasteiger partial charge is 0.387 e. The fourth-order valence-corrected chi connectivity index (χ4v) is 2.64. The van der Waals surface area contributed by atoms with Crippen molar-refractivity contribution in [2.24, 2.45) is 0 Å². The quantitative estimate of drug-likeness (QED) is 0.621. The summed E-state index contributed by atoms with van der Waals surface area (Å²) in [5.74, 6) is -0.0702. The van der Waals surface area contributed by atoms with Gasteiger partial charge in [-0.05, 0) is 42.8 Å². The van der Waals surface area contributed by atoms with Gasteiger partial charge in [0.05, 0.1) is 25.1 Å². The number of nitrogens with one attached hydrogen (secondary N) is 1. The van der Waals surface area contributed by atoms with Gasteiger partial charge in [0.15, 0.2) is 0 Å². The van der Waals surface area contributed by atoms with Crippen LogP contribution in [0.15, 0.2) is 65.6 Å². The maximum Gasteiger partial charge on any atom is 0.387 e. The lowest BCUT2D eigenvalue weighted by Gasteiger charge is -2.05. The Morgan fingerprint density at radius 2 is 2.16 bits per heavy atom. The average Bonchev–Trinajstić information content (AvgIpc) is 3.47. The van der Waals surface area contributed by atoms with E-state index in [4.69, 9.17) is 9.15 Å². The van der Waals surface area contributed by atoms with E-state index in [1.54, 1.807) is 43.6 Å². The molecule has 9 heteroatoms. The fraction of sp³-hybridized carbons (Fsp3) is 0.227. The molecule has 1 N–H and O–H groups in total. The van der Waals surface area contributed by atoms with Crippen LogP contribution in [0.1, 0.15) is 28.2 Å². The van der Waals surface area contributed by atoms with Crippen molar-refractivity contribution in [2.45, 2.75) is 26.5 Å². The number of hydrogen-bond acceptors (Lipinski definition) is 6. The Labute approximate surface area is 177 Å². The van der Waals surface area contributed by atoms with Crippen molar-refractivity contribution in [1.82, 2.24) is 15.3 Å². The van der Waals surface area contributed by atoms with Crippen LogP contribution < -0.4 is 10.1 Å². The van der Waals surface area contributed by atoms with E-state index in [2.05, 4.69) is 20.0 Å². The Hall–Kier alpha value is -3.75. The number of amides is 1. The molecule has 0 unspecified atom stereocenters. The molecule has 3 aromatic rings. The maximum absolute atomic E-state index is 12.3. The molecule has 1 aliphatic heterocycles. The highest BCUT2D eigenvalue weighted by Crippen LogP contribution is 2.24. The van der Waals surface area contributed by atoms with Crippen LogP contribution in [0.5, 0.6) is 5.75 Å². The first-order valence-corrected chi connectivity index (χ1v) is 9.49. The summed E-state index contributed by atoms with van der Waals surface area (Å²) >= 11 is 0. The molecule has 1 amide bonds. The van der Waals surface area contributed by atoms with Crippen LogP contribution in [0.2, 0.25) is 0 Å². The molecule has 0 radical (unpaired) electrons. The minimum absolute atomic E-state index is 0.0104. The molecule has 0 spiro atoms. The molecule has 4 rings (SSSR count). The first-order valence-electron chi connectivity index (χ1n) is 9.49. The lowest BCUT2D eigenvalue weighted by atomic mass is 10.2. The van der Waals surface area contributed by atoms with Gasteiger partial charge in [-0.2, -0.15) is 8.78 Å². The van der Waals surface area contributed by atoms with Gasteiger partial charge >= 0.3 is 6.61 Å². The molecular formula is C22H21F2N3O4. The predicted molar refractivity (Wildman–Crippen MR) is 108 cm³/mol. The Balaban J connectivity index is 0.000000478. The first-order chi connectivity index (χ1) is 15.0. The van der Waals surface area contributed by atoms with Crippen LogP contribution in [-0.4, -0.2) is 29.1 Å². The van der Waals surface area contributed by atoms with Crippen molar-refractivity contribution in [1.29, 1.82) is 0 Å². The van der Waals surface area contributed by atoms with Crippen molar-refractivity contribution in [3.8, 4) is 17.2 Å². The van der Waals surface area contributed by atoms with Crippen molar-refractivity contribution in [3.63, 3.8) is 0 Å². The second kappa shape index (κ2) is 10.9. The molecule has 1 aliphatic rings. The van der Waals surface area contributed by atoms with Gasteiger partial charge in [0.2, 0.25) is 5.89 Å². The standard InChI is InChI=1S/C18H15F2N3O3.C4H6O/c1-11-4-3-7-21-15(11)16(24)22-9-13-10-25-17(23-13)12-5-2-6-14(8-12)26-18(19)20;1-2-4-5-3-1/h2-8,10,18H,9H2,1H3,(H,22,24);1,3H,2,4H2. The number of alkyl halides is 2. The highest BCUT2D eigenvalue weighted by Gasteiger charge is 2.13. The summed E-state index contributed by atoms with van der Waals surface area (Å²) in [6.45, 7) is -0.0773. The van der Waals surface area contributed by atoms with Crippen LogP contribution >= 0.6 is 0 Å². The number of rotatable bonds is 6. The summed E-state index contributed by atoms with van der Waals surface area (Å²) in [6.07, 6.45) is 7.78. The van der Waals surface area contributed by atoms with E-state index in [0.29, 0.717) is 17.0 Å². The number of halogens is 2. The van der Waals surface area contributed by atoms with Gasteiger partial charge in [0.1, 0.15) is 17.7 Å². The lowest BCUT2D eigenvalue weighted by Crippen LogP contribution is -2.24. The van der Waals surface area contributed by atoms with Gasteiger partial charge in [0, 0.05) is 18.2 Å². The van der Waals surface area contributed by atoms with Crippen LogP contribution in [0.4, 0.5) is 8.78 Å². The number of carbonyl (C=O) groups excluding carboxylic acids is 1. The van der Waals surface area contributed by atoms with Crippen molar-refractivity contribution in [2.75, 3.05) is 6.61 Å². The van der Waals surface area contributed by atoms with Crippen molar-refractivity contribution < 1.29 is 27.5 Å². The van der Waals surface area contributed by atoms with Gasteiger partial charge in [0.25, 0.3) is 5.91 Å². The third-order valence-electron chi connectivity index (χ3n) is 4.11. The molecule has 0 bridgehead atoms. The van der Waals surface area contributed by atoms with Crippen LogP contribution in [-0.2, 0) is 11.3 Å². The van der Waals surface area contributed by atoms with Crippen LogP contribution in [0.3, 0.4) is 0 Å². The molecule has 7 nitrogen and oxygen atoms in total. The maximum atomic E-state index is 12.3. The molecule has 0 saturated heterocycles. The number of aryl methyl sites for hydroxylation is 1. The van der Waals surface area contributed by atoms with Crippen molar-refractivity contribution >= 4 is 5.91 Å². The first kappa shape index (κ1) is 21.9. The van der Waals surface area contributed by atoms with E-state index in [1.165, 1.54) is 18.4 Å². The summed E-state index contributed by atoms with van der Waals surface area (Å²) in [6, 6.07) is 9.57. The minimum atomic E-state index is -2.91. The van der Waals surface area contributed by atoms with E-state index in [0.717, 1.165) is 18.6 Å². The minimum Gasteiger partial charge on any atom is -0.501 e. The summed E-state index contributed by atoms with van der Waals surface area (Å²) in [5, 5.41) is 2.71. The van der Waals surface area contributed by atoms with E-state index >= 15 is 0 Å². The van der Waals surface area contributed by atoms with E-state index in [-0.39, 0.29) is 24.1 Å². The molecule has 2 aromatic heterocycles. The summed E-state index contributed by atoms with van der Waals surface area (Å²) < 4.78 is 39.1. The highest BCUT2D eigenvalue weighted by atomic mass is 19.3. The van der Waals surface area contributed by atoms with Crippen molar-refractivity contribution in [3.05, 3.63) is 78.1 Å². The van der Waals surface area contributed by atoms with Crippen LogP contribution in [0.25, 0.3) is 11.5 Å². The van der Waals surface area contributed by atoms with E-state index in [9.17, 15) is 13.6 Å². The normalized spacial score (nSPS) is 12.1. The number of ether oxygens (including phenoxy) is 2. The van der Waals surface area contributed by atoms with Gasteiger partial charge in [-0.15, -0.1) is 0 Å². The summed E-state index contributed by atoms with van der Waals surface area (Å²) in [7, 11) is 0. The molecule has 0 fully saturated rings. The van der Waals surface area contributed by atoms with Gasteiger partial charge in [-0.25, -0.2) is 4.98 Å². The Bertz CT molecular complexity index is 1030. The number of pyridine rings is 1. The third-order valence-corrected chi connectivity index (χ3v) is 4.11. The second-order valence-corrected chi connectivity index (χ2v) is 6.43. The SMILES string of the molecule is C1=COCC1.Cc1cccnc1C(=O)NCc1coc(-c2cccc(OC(F)F)c2)n1. The molecule has 1 aromatic carbocycles. The number of benzene rings is 1. The molecule has 162 valence electrons. The Morgan fingerprint density at radius 1 is 1.29 bits per heavy atom. The fourth-order valence-electron chi connectivity index (χ4n) is 2.64. The number of oxazole rings is 1. The predicted octanol–water partition coefficient (Wildman–Crippen LogP) is 4.50. The van der Waals surface area contributed by atoms with Gasteiger partial charge in [-0.3, -0.25) is 9.78 Å². The third kappa shape index (κ3) is 6.63. The zero-order valence-corrected chi connectivity index (χ0v) is 16.8. The monoisotopic (exact) mass is 429 g/mol. The van der Waals surface area contributed by atoms with Crippen LogP contribution in [0, 0.1) is 6.92 Å². The molecule has 0 atom stereocenters.